The van der Waals surface area contributed by atoms with E-state index in [2.05, 4.69) is 67.7 Å². The van der Waals surface area contributed by atoms with Gasteiger partial charge in [0.2, 0.25) is 0 Å². The van der Waals surface area contributed by atoms with Gasteiger partial charge in [0.25, 0.3) is 0 Å². The first kappa shape index (κ1) is 46.9. The predicted molar refractivity (Wildman–Crippen MR) is 205 cm³/mol. The lowest BCUT2D eigenvalue weighted by atomic mass is 9.99. The molecule has 294 valence electrons. The van der Waals surface area contributed by atoms with Crippen LogP contribution in [-0.2, 0) is 23.7 Å². The van der Waals surface area contributed by atoms with Crippen LogP contribution >= 0.6 is 0 Å². The van der Waals surface area contributed by atoms with E-state index in [4.69, 9.17) is 18.9 Å². The monoisotopic (exact) mass is 721 g/mol. The standard InChI is InChI=1S/C42H72O9/c1-3-5-7-8-9-10-11-12-13-14-15-16-17-18-19-20-21-22-23-24-25-26-27-28-29-30-32-48-34-36(50-38(44)31-6-4-2)35-49-42-41(47)40(46)39(45)37(33-43)51-42/h5,7,9-10,12-13,15-16,18-19,36-37,39-43,45-47H,3-4,6,8,11,14,17,20-35H2,1-2H3/b7-5-,10-9-,13-12-,16-15-,19-18-. The molecule has 9 heteroatoms. The number of esters is 1. The fourth-order valence-electron chi connectivity index (χ4n) is 5.55. The summed E-state index contributed by atoms with van der Waals surface area (Å²) in [5.74, 6) is -0.354. The molecule has 4 N–H and O–H groups in total. The van der Waals surface area contributed by atoms with E-state index < -0.39 is 43.4 Å². The van der Waals surface area contributed by atoms with Gasteiger partial charge in [-0.3, -0.25) is 4.79 Å². The number of rotatable bonds is 32. The average Bonchev–Trinajstić information content (AvgIpc) is 3.13. The summed E-state index contributed by atoms with van der Waals surface area (Å²) in [7, 11) is 0. The van der Waals surface area contributed by atoms with Gasteiger partial charge in [0.1, 0.15) is 30.5 Å². The van der Waals surface area contributed by atoms with E-state index in [1.807, 2.05) is 6.92 Å². The van der Waals surface area contributed by atoms with E-state index in [1.165, 1.54) is 57.8 Å². The molecule has 0 aromatic carbocycles. The maximum absolute atomic E-state index is 12.3. The zero-order chi connectivity index (χ0) is 37.2. The van der Waals surface area contributed by atoms with Gasteiger partial charge in [-0.2, -0.15) is 0 Å². The van der Waals surface area contributed by atoms with Crippen LogP contribution in [0, 0.1) is 0 Å². The molecule has 0 bridgehead atoms. The van der Waals surface area contributed by atoms with Crippen molar-refractivity contribution in [3.8, 4) is 0 Å². The number of aliphatic hydroxyl groups excluding tert-OH is 4. The summed E-state index contributed by atoms with van der Waals surface area (Å²) < 4.78 is 22.3. The zero-order valence-electron chi connectivity index (χ0n) is 31.8. The molecule has 51 heavy (non-hydrogen) atoms. The van der Waals surface area contributed by atoms with Crippen molar-refractivity contribution in [3.63, 3.8) is 0 Å². The van der Waals surface area contributed by atoms with Gasteiger partial charge in [-0.05, 0) is 57.8 Å². The number of unbranched alkanes of at least 4 members (excludes halogenated alkanes) is 11. The Morgan fingerprint density at radius 2 is 1.18 bits per heavy atom. The first-order valence-electron chi connectivity index (χ1n) is 19.9. The van der Waals surface area contributed by atoms with Crippen LogP contribution in [0.3, 0.4) is 0 Å². The topological polar surface area (TPSA) is 135 Å². The van der Waals surface area contributed by atoms with Crippen molar-refractivity contribution in [1.29, 1.82) is 0 Å². The summed E-state index contributed by atoms with van der Waals surface area (Å²) in [6, 6.07) is 0. The Labute approximate surface area is 309 Å². The van der Waals surface area contributed by atoms with Gasteiger partial charge in [-0.25, -0.2) is 0 Å². The summed E-state index contributed by atoms with van der Waals surface area (Å²) in [5.41, 5.74) is 0. The third kappa shape index (κ3) is 25.5. The van der Waals surface area contributed by atoms with Gasteiger partial charge in [0.05, 0.1) is 19.8 Å². The van der Waals surface area contributed by atoms with E-state index in [1.54, 1.807) is 0 Å². The number of aliphatic hydroxyl groups is 4. The van der Waals surface area contributed by atoms with Crippen molar-refractivity contribution in [3.05, 3.63) is 60.8 Å². The molecule has 0 spiro atoms. The average molecular weight is 721 g/mol. The summed E-state index contributed by atoms with van der Waals surface area (Å²) in [6.07, 6.45) is 35.2. The molecule has 0 saturated carbocycles. The van der Waals surface area contributed by atoms with Gasteiger partial charge in [-0.1, -0.05) is 132 Å². The van der Waals surface area contributed by atoms with Crippen LogP contribution in [0.2, 0.25) is 0 Å². The van der Waals surface area contributed by atoms with Gasteiger partial charge in [0, 0.05) is 13.0 Å². The Hall–Kier alpha value is -2.11. The number of allylic oxidation sites excluding steroid dienone is 10. The first-order chi connectivity index (χ1) is 24.9. The Kier molecular flexibility index (Phi) is 31.0. The highest BCUT2D eigenvalue weighted by Crippen LogP contribution is 2.22. The summed E-state index contributed by atoms with van der Waals surface area (Å²) in [5, 5.41) is 39.6. The molecule has 1 heterocycles. The van der Waals surface area contributed by atoms with Gasteiger partial charge in [0.15, 0.2) is 6.29 Å². The fourth-order valence-corrected chi connectivity index (χ4v) is 5.55. The second kappa shape index (κ2) is 33.7. The molecule has 6 unspecified atom stereocenters. The fraction of sp³-hybridized carbons (Fsp3) is 0.738. The summed E-state index contributed by atoms with van der Waals surface area (Å²) in [6.45, 7) is 4.16. The Morgan fingerprint density at radius 3 is 1.73 bits per heavy atom. The smallest absolute Gasteiger partial charge is 0.306 e. The van der Waals surface area contributed by atoms with Crippen molar-refractivity contribution < 1.29 is 44.2 Å². The molecule has 1 fully saturated rings. The van der Waals surface area contributed by atoms with Crippen LogP contribution in [0.25, 0.3) is 0 Å². The van der Waals surface area contributed by atoms with E-state index in [0.29, 0.717) is 13.0 Å². The molecule has 0 radical (unpaired) electrons. The van der Waals surface area contributed by atoms with Crippen LogP contribution in [0.5, 0.6) is 0 Å². The zero-order valence-corrected chi connectivity index (χ0v) is 31.8. The lowest BCUT2D eigenvalue weighted by molar-refractivity contribution is -0.305. The van der Waals surface area contributed by atoms with E-state index >= 15 is 0 Å². The minimum absolute atomic E-state index is 0.121. The second-order valence-electron chi connectivity index (χ2n) is 13.4. The maximum Gasteiger partial charge on any atom is 0.306 e. The van der Waals surface area contributed by atoms with Crippen molar-refractivity contribution in [2.45, 2.75) is 173 Å². The number of carbonyl (C=O) groups is 1. The molecule has 1 aliphatic rings. The molecule has 9 nitrogen and oxygen atoms in total. The Bertz CT molecular complexity index is 958. The predicted octanol–water partition coefficient (Wildman–Crippen LogP) is 7.96. The molecular weight excluding hydrogens is 648 g/mol. The van der Waals surface area contributed by atoms with E-state index in [0.717, 1.165) is 51.4 Å². The van der Waals surface area contributed by atoms with Crippen molar-refractivity contribution in [2.75, 3.05) is 26.4 Å². The number of hydrogen-bond donors (Lipinski definition) is 4. The number of carbonyl (C=O) groups excluding carboxylic acids is 1. The third-order valence-electron chi connectivity index (χ3n) is 8.70. The van der Waals surface area contributed by atoms with E-state index in [-0.39, 0.29) is 25.6 Å². The maximum atomic E-state index is 12.3. The van der Waals surface area contributed by atoms with Crippen LogP contribution in [-0.4, -0.2) is 89.6 Å². The lowest BCUT2D eigenvalue weighted by Gasteiger charge is -2.39. The molecule has 6 atom stereocenters. The van der Waals surface area contributed by atoms with E-state index in [9.17, 15) is 25.2 Å². The minimum atomic E-state index is -1.53. The largest absolute Gasteiger partial charge is 0.457 e. The molecule has 0 aliphatic carbocycles. The Morgan fingerprint density at radius 1 is 0.647 bits per heavy atom. The SMILES string of the molecule is CC/C=C\C/C=C\C/C=C\C/C=C\C/C=C\CCCCCCCCCCCCOCC(COC1OC(CO)C(O)C(O)C1O)OC(=O)CCCC. The number of ether oxygens (including phenoxy) is 4. The van der Waals surface area contributed by atoms with Crippen molar-refractivity contribution in [1.82, 2.24) is 0 Å². The number of hydrogen-bond acceptors (Lipinski definition) is 9. The normalized spacial score (nSPS) is 22.0. The molecule has 1 saturated heterocycles. The highest BCUT2D eigenvalue weighted by molar-refractivity contribution is 5.69. The third-order valence-corrected chi connectivity index (χ3v) is 8.70. The molecule has 0 amide bonds. The quantitative estimate of drug-likeness (QED) is 0.0310. The van der Waals surface area contributed by atoms with Crippen LogP contribution in [0.1, 0.15) is 136 Å². The minimum Gasteiger partial charge on any atom is -0.457 e. The molecular formula is C42H72O9. The lowest BCUT2D eigenvalue weighted by Crippen LogP contribution is -2.59. The molecule has 0 aromatic heterocycles. The first-order valence-corrected chi connectivity index (χ1v) is 19.9. The second-order valence-corrected chi connectivity index (χ2v) is 13.4. The highest BCUT2D eigenvalue weighted by atomic mass is 16.7. The summed E-state index contributed by atoms with van der Waals surface area (Å²) >= 11 is 0. The molecule has 1 aliphatic heterocycles. The van der Waals surface area contributed by atoms with Gasteiger partial charge < -0.3 is 39.4 Å². The molecule has 1 rings (SSSR count). The van der Waals surface area contributed by atoms with Gasteiger partial charge in [-0.15, -0.1) is 0 Å². The van der Waals surface area contributed by atoms with Crippen LogP contribution in [0.4, 0.5) is 0 Å². The molecule has 0 aromatic rings. The Balaban J connectivity index is 2.05. The van der Waals surface area contributed by atoms with Crippen molar-refractivity contribution in [2.24, 2.45) is 0 Å². The van der Waals surface area contributed by atoms with Gasteiger partial charge >= 0.3 is 5.97 Å². The highest BCUT2D eigenvalue weighted by Gasteiger charge is 2.44. The van der Waals surface area contributed by atoms with Crippen LogP contribution < -0.4 is 0 Å². The van der Waals surface area contributed by atoms with Crippen molar-refractivity contribution >= 4 is 5.97 Å². The van der Waals surface area contributed by atoms with Crippen LogP contribution in [0.15, 0.2) is 60.8 Å². The summed E-state index contributed by atoms with van der Waals surface area (Å²) in [4.78, 5) is 12.3.